The van der Waals surface area contributed by atoms with Crippen LogP contribution in [-0.4, -0.2) is 26.8 Å². The van der Waals surface area contributed by atoms with Crippen molar-refractivity contribution in [2.24, 2.45) is 0 Å². The van der Waals surface area contributed by atoms with Crippen LogP contribution in [0.5, 0.6) is 0 Å². The molecule has 2 N–H and O–H groups in total. The van der Waals surface area contributed by atoms with Crippen LogP contribution in [0.2, 0.25) is 10.0 Å². The molecule has 0 unspecified atom stereocenters. The van der Waals surface area contributed by atoms with Crippen molar-refractivity contribution >= 4 is 46.6 Å². The Morgan fingerprint density at radius 3 is 2.80 bits per heavy atom. The molecule has 3 aromatic rings. The molecule has 2 aromatic carbocycles. The van der Waals surface area contributed by atoms with E-state index < -0.39 is 0 Å². The maximum absolute atomic E-state index is 12.1. The van der Waals surface area contributed by atoms with E-state index in [1.54, 1.807) is 18.2 Å². The number of halogens is 2. The van der Waals surface area contributed by atoms with Crippen LogP contribution >= 0.6 is 35.0 Å². The number of aromatic nitrogens is 3. The number of anilines is 1. The van der Waals surface area contributed by atoms with Gasteiger partial charge in [0.15, 0.2) is 5.82 Å². The van der Waals surface area contributed by atoms with Crippen LogP contribution in [0.4, 0.5) is 5.69 Å². The number of aryl methyl sites for hydroxylation is 1. The number of hydrogen-bond donors (Lipinski definition) is 2. The lowest BCUT2D eigenvalue weighted by Crippen LogP contribution is -2.14. The second-order valence-electron chi connectivity index (χ2n) is 5.24. The first-order valence-electron chi connectivity index (χ1n) is 7.39. The fourth-order valence-corrected chi connectivity index (χ4v) is 3.24. The van der Waals surface area contributed by atoms with Crippen LogP contribution < -0.4 is 5.32 Å². The van der Waals surface area contributed by atoms with Crippen LogP contribution in [0.3, 0.4) is 0 Å². The molecule has 8 heteroatoms. The van der Waals surface area contributed by atoms with Gasteiger partial charge in [-0.3, -0.25) is 9.89 Å². The normalized spacial score (nSPS) is 10.7. The van der Waals surface area contributed by atoms with Gasteiger partial charge in [-0.2, -0.15) is 0 Å². The van der Waals surface area contributed by atoms with Crippen molar-refractivity contribution in [2.45, 2.75) is 12.1 Å². The van der Waals surface area contributed by atoms with E-state index in [2.05, 4.69) is 20.5 Å². The van der Waals surface area contributed by atoms with Gasteiger partial charge in [0.25, 0.3) is 0 Å². The first-order valence-corrected chi connectivity index (χ1v) is 9.13. The zero-order valence-electron chi connectivity index (χ0n) is 13.2. The lowest BCUT2D eigenvalue weighted by atomic mass is 10.2. The summed E-state index contributed by atoms with van der Waals surface area (Å²) in [6.07, 6.45) is 0. The predicted octanol–water partition coefficient (Wildman–Crippen LogP) is 4.82. The summed E-state index contributed by atoms with van der Waals surface area (Å²) in [5.41, 5.74) is 2.52. The molecular weight excluding hydrogens is 379 g/mol. The second kappa shape index (κ2) is 7.91. The number of benzene rings is 2. The van der Waals surface area contributed by atoms with E-state index in [1.807, 2.05) is 31.2 Å². The average molecular weight is 393 g/mol. The standard InChI is InChI=1S/C17H14Cl2N4OS/c1-10-4-2-3-5-14(10)20-15(24)9-25-17-21-16(22-23-17)12-7-6-11(18)8-13(12)19/h2-8H,9H2,1H3,(H,20,24)(H,21,22,23). The van der Waals surface area contributed by atoms with E-state index in [-0.39, 0.29) is 11.7 Å². The lowest BCUT2D eigenvalue weighted by molar-refractivity contribution is -0.113. The molecule has 5 nitrogen and oxygen atoms in total. The monoisotopic (exact) mass is 392 g/mol. The van der Waals surface area contributed by atoms with Gasteiger partial charge in [0, 0.05) is 16.3 Å². The molecule has 0 radical (unpaired) electrons. The number of aromatic amines is 1. The van der Waals surface area contributed by atoms with Crippen molar-refractivity contribution in [3.63, 3.8) is 0 Å². The van der Waals surface area contributed by atoms with Crippen molar-refractivity contribution in [3.8, 4) is 11.4 Å². The van der Waals surface area contributed by atoms with Gasteiger partial charge in [-0.25, -0.2) is 4.98 Å². The number of para-hydroxylation sites is 1. The Hall–Kier alpha value is -2.02. The SMILES string of the molecule is Cc1ccccc1NC(=O)CSc1n[nH]c(-c2ccc(Cl)cc2Cl)n1. The Labute approximate surface area is 159 Å². The van der Waals surface area contributed by atoms with Crippen molar-refractivity contribution in [1.82, 2.24) is 15.2 Å². The number of H-pyrrole nitrogens is 1. The molecule has 0 aliphatic rings. The molecule has 0 spiro atoms. The topological polar surface area (TPSA) is 70.7 Å². The third-order valence-corrected chi connectivity index (χ3v) is 4.80. The fourth-order valence-electron chi connectivity index (χ4n) is 2.14. The largest absolute Gasteiger partial charge is 0.325 e. The Bertz CT molecular complexity index is 913. The van der Waals surface area contributed by atoms with Crippen LogP contribution in [0, 0.1) is 6.92 Å². The molecule has 0 atom stereocenters. The summed E-state index contributed by atoms with van der Waals surface area (Å²) in [7, 11) is 0. The second-order valence-corrected chi connectivity index (χ2v) is 7.03. The van der Waals surface area contributed by atoms with Crippen molar-refractivity contribution in [1.29, 1.82) is 0 Å². The summed E-state index contributed by atoms with van der Waals surface area (Å²) < 4.78 is 0. The number of carbonyl (C=O) groups is 1. The van der Waals surface area contributed by atoms with Gasteiger partial charge in [0.1, 0.15) is 0 Å². The molecule has 1 heterocycles. The zero-order chi connectivity index (χ0) is 17.8. The van der Waals surface area contributed by atoms with E-state index in [1.165, 1.54) is 11.8 Å². The lowest BCUT2D eigenvalue weighted by Gasteiger charge is -2.06. The number of nitrogens with one attached hydrogen (secondary N) is 2. The maximum atomic E-state index is 12.1. The minimum absolute atomic E-state index is 0.116. The molecule has 0 saturated heterocycles. The molecule has 1 amide bonds. The molecule has 0 fully saturated rings. The third-order valence-electron chi connectivity index (χ3n) is 3.40. The zero-order valence-corrected chi connectivity index (χ0v) is 15.5. The molecular formula is C17H14Cl2N4OS. The number of nitrogens with zero attached hydrogens (tertiary/aromatic N) is 2. The van der Waals surface area contributed by atoms with Crippen molar-refractivity contribution in [3.05, 3.63) is 58.1 Å². The Morgan fingerprint density at radius 1 is 1.24 bits per heavy atom. The number of hydrogen-bond acceptors (Lipinski definition) is 4. The highest BCUT2D eigenvalue weighted by Crippen LogP contribution is 2.29. The molecule has 0 bridgehead atoms. The summed E-state index contributed by atoms with van der Waals surface area (Å²) in [4.78, 5) is 16.4. The quantitative estimate of drug-likeness (QED) is 0.610. The maximum Gasteiger partial charge on any atom is 0.234 e. The summed E-state index contributed by atoms with van der Waals surface area (Å²) in [5.74, 6) is 0.624. The molecule has 1 aromatic heterocycles. The van der Waals surface area contributed by atoms with Gasteiger partial charge in [-0.1, -0.05) is 53.2 Å². The van der Waals surface area contributed by atoms with E-state index in [0.717, 1.165) is 11.3 Å². The van der Waals surface area contributed by atoms with E-state index in [4.69, 9.17) is 23.2 Å². The smallest absolute Gasteiger partial charge is 0.234 e. The highest BCUT2D eigenvalue weighted by Gasteiger charge is 2.12. The van der Waals surface area contributed by atoms with Gasteiger partial charge in [0.2, 0.25) is 11.1 Å². The number of carbonyl (C=O) groups excluding carboxylic acids is 1. The molecule has 3 rings (SSSR count). The van der Waals surface area contributed by atoms with Gasteiger partial charge in [0.05, 0.1) is 10.8 Å². The summed E-state index contributed by atoms with van der Waals surface area (Å²) >= 11 is 13.3. The van der Waals surface area contributed by atoms with E-state index >= 15 is 0 Å². The van der Waals surface area contributed by atoms with Crippen LogP contribution in [0.15, 0.2) is 47.6 Å². The number of amides is 1. The van der Waals surface area contributed by atoms with Crippen LogP contribution in [0.1, 0.15) is 5.56 Å². The Balaban J connectivity index is 1.62. The summed E-state index contributed by atoms with van der Waals surface area (Å²) in [5, 5.41) is 11.3. The Kier molecular flexibility index (Phi) is 5.63. The van der Waals surface area contributed by atoms with Crippen molar-refractivity contribution in [2.75, 3.05) is 11.1 Å². The third kappa shape index (κ3) is 4.54. The van der Waals surface area contributed by atoms with Crippen LogP contribution in [-0.2, 0) is 4.79 Å². The van der Waals surface area contributed by atoms with E-state index in [9.17, 15) is 4.79 Å². The molecule has 25 heavy (non-hydrogen) atoms. The molecule has 0 saturated carbocycles. The molecule has 128 valence electrons. The minimum Gasteiger partial charge on any atom is -0.325 e. The minimum atomic E-state index is -0.116. The number of thioether (sulfide) groups is 1. The van der Waals surface area contributed by atoms with E-state index in [0.29, 0.717) is 26.6 Å². The molecule has 0 aliphatic heterocycles. The highest BCUT2D eigenvalue weighted by molar-refractivity contribution is 7.99. The van der Waals surface area contributed by atoms with Gasteiger partial charge >= 0.3 is 0 Å². The van der Waals surface area contributed by atoms with Gasteiger partial charge < -0.3 is 5.32 Å². The fraction of sp³-hybridized carbons (Fsp3) is 0.118. The first-order chi connectivity index (χ1) is 12.0. The Morgan fingerprint density at radius 2 is 2.04 bits per heavy atom. The average Bonchev–Trinajstić information content (AvgIpc) is 3.04. The predicted molar refractivity (Wildman–Crippen MR) is 102 cm³/mol. The van der Waals surface area contributed by atoms with Crippen molar-refractivity contribution < 1.29 is 4.79 Å². The van der Waals surface area contributed by atoms with Gasteiger partial charge in [-0.15, -0.1) is 5.10 Å². The highest BCUT2D eigenvalue weighted by atomic mass is 35.5. The summed E-state index contributed by atoms with van der Waals surface area (Å²) in [6, 6.07) is 12.8. The van der Waals surface area contributed by atoms with Gasteiger partial charge in [-0.05, 0) is 36.8 Å². The first kappa shape index (κ1) is 17.8. The number of rotatable bonds is 5. The summed E-state index contributed by atoms with van der Waals surface area (Å²) in [6.45, 7) is 1.94. The van der Waals surface area contributed by atoms with Crippen LogP contribution in [0.25, 0.3) is 11.4 Å². The molecule has 0 aliphatic carbocycles.